The van der Waals surface area contributed by atoms with Gasteiger partial charge in [-0.15, -0.1) is 0 Å². The number of ketones is 1. The first-order valence-electron chi connectivity index (χ1n) is 9.47. The summed E-state index contributed by atoms with van der Waals surface area (Å²) in [4.78, 5) is 29.2. The van der Waals surface area contributed by atoms with Crippen LogP contribution < -0.4 is 4.74 Å². The van der Waals surface area contributed by atoms with Crippen molar-refractivity contribution < 1.29 is 19.4 Å². The van der Waals surface area contributed by atoms with Crippen molar-refractivity contribution in [1.82, 2.24) is 9.80 Å². The van der Waals surface area contributed by atoms with Crippen molar-refractivity contribution in [2.75, 3.05) is 34.3 Å². The highest BCUT2D eigenvalue weighted by molar-refractivity contribution is 6.46. The van der Waals surface area contributed by atoms with Crippen LogP contribution in [0.1, 0.15) is 22.7 Å². The summed E-state index contributed by atoms with van der Waals surface area (Å²) in [6, 6.07) is 13.8. The van der Waals surface area contributed by atoms with Crippen LogP contribution in [-0.4, -0.2) is 60.9 Å². The number of Topliss-reactive ketones (excluding diaryl/α,β-unsaturated/α-hetero) is 1. The third-order valence-electron chi connectivity index (χ3n) is 5.08. The highest BCUT2D eigenvalue weighted by atomic mass is 16.5. The number of likely N-dealkylation sites (N-methyl/N-ethyl adjacent to an activating group) is 1. The molecule has 0 unspecified atom stereocenters. The number of aliphatic hydroxyl groups excluding tert-OH is 1. The fourth-order valence-corrected chi connectivity index (χ4v) is 3.42. The summed E-state index contributed by atoms with van der Waals surface area (Å²) in [5.41, 5.74) is 2.45. The first kappa shape index (κ1) is 20.6. The average Bonchev–Trinajstić information content (AvgIpc) is 2.97. The van der Waals surface area contributed by atoms with E-state index in [0.29, 0.717) is 24.4 Å². The molecular formula is C23H26N2O4. The van der Waals surface area contributed by atoms with Gasteiger partial charge in [-0.3, -0.25) is 9.59 Å². The number of methoxy groups -OCH3 is 1. The first-order valence-corrected chi connectivity index (χ1v) is 9.47. The van der Waals surface area contributed by atoms with Crippen LogP contribution in [0.25, 0.3) is 5.76 Å². The summed E-state index contributed by atoms with van der Waals surface area (Å²) in [6.07, 6.45) is 0. The molecule has 0 saturated carbocycles. The van der Waals surface area contributed by atoms with Crippen LogP contribution in [0.2, 0.25) is 0 Å². The molecule has 6 nitrogen and oxygen atoms in total. The Morgan fingerprint density at radius 1 is 1.07 bits per heavy atom. The van der Waals surface area contributed by atoms with E-state index < -0.39 is 17.7 Å². The number of benzene rings is 2. The van der Waals surface area contributed by atoms with Gasteiger partial charge in [-0.2, -0.15) is 0 Å². The maximum Gasteiger partial charge on any atom is 0.295 e. The molecule has 1 aliphatic rings. The molecule has 1 amide bonds. The number of carbonyl (C=O) groups is 2. The van der Waals surface area contributed by atoms with Gasteiger partial charge >= 0.3 is 0 Å². The standard InChI is InChI=1S/C23H26N2O4/c1-15-5-7-16(8-6-15)20-19(21(26)17-9-11-18(29-4)12-10-17)22(27)23(28)25(20)14-13-24(2)3/h5-12,20,26H,13-14H2,1-4H3/t20-/m1/s1. The smallest absolute Gasteiger partial charge is 0.295 e. The Kier molecular flexibility index (Phi) is 6.03. The molecule has 0 spiro atoms. The van der Waals surface area contributed by atoms with Crippen LogP contribution >= 0.6 is 0 Å². The minimum absolute atomic E-state index is 0.114. The largest absolute Gasteiger partial charge is 0.507 e. The lowest BCUT2D eigenvalue weighted by Gasteiger charge is -2.26. The topological polar surface area (TPSA) is 70.1 Å². The van der Waals surface area contributed by atoms with E-state index in [1.807, 2.05) is 50.2 Å². The number of ether oxygens (including phenoxy) is 1. The molecule has 1 atom stereocenters. The zero-order valence-corrected chi connectivity index (χ0v) is 17.2. The van der Waals surface area contributed by atoms with Gasteiger partial charge in [0.25, 0.3) is 11.7 Å². The van der Waals surface area contributed by atoms with Crippen LogP contribution in [-0.2, 0) is 9.59 Å². The molecule has 1 saturated heterocycles. The number of hydrogen-bond donors (Lipinski definition) is 1. The van der Waals surface area contributed by atoms with Crippen molar-refractivity contribution in [3.63, 3.8) is 0 Å². The van der Waals surface area contributed by atoms with Crippen molar-refractivity contribution in [3.05, 3.63) is 70.8 Å². The minimum Gasteiger partial charge on any atom is -0.507 e. The van der Waals surface area contributed by atoms with Crippen LogP contribution in [0, 0.1) is 6.92 Å². The quantitative estimate of drug-likeness (QED) is 0.463. The SMILES string of the molecule is COc1ccc(C(O)=C2C(=O)C(=O)N(CCN(C)C)[C@@H]2c2ccc(C)cc2)cc1. The van der Waals surface area contributed by atoms with Crippen molar-refractivity contribution in [3.8, 4) is 5.75 Å². The van der Waals surface area contributed by atoms with E-state index in [1.165, 1.54) is 0 Å². The van der Waals surface area contributed by atoms with E-state index >= 15 is 0 Å². The molecule has 152 valence electrons. The highest BCUT2D eigenvalue weighted by Crippen LogP contribution is 2.39. The number of amides is 1. The molecule has 1 aliphatic heterocycles. The number of carbonyl (C=O) groups excluding carboxylic acids is 2. The van der Waals surface area contributed by atoms with Gasteiger partial charge in [0.1, 0.15) is 11.5 Å². The lowest BCUT2D eigenvalue weighted by Crippen LogP contribution is -2.35. The van der Waals surface area contributed by atoms with E-state index in [1.54, 1.807) is 36.3 Å². The molecule has 6 heteroatoms. The van der Waals surface area contributed by atoms with Gasteiger partial charge in [-0.1, -0.05) is 29.8 Å². The third-order valence-corrected chi connectivity index (χ3v) is 5.08. The molecule has 0 aromatic heterocycles. The van der Waals surface area contributed by atoms with E-state index in [2.05, 4.69) is 0 Å². The Bertz CT molecular complexity index is 930. The minimum atomic E-state index is -0.664. The molecule has 3 rings (SSSR count). The van der Waals surface area contributed by atoms with Crippen LogP contribution in [0.3, 0.4) is 0 Å². The number of nitrogens with zero attached hydrogens (tertiary/aromatic N) is 2. The zero-order chi connectivity index (χ0) is 21.1. The van der Waals surface area contributed by atoms with Gasteiger partial charge < -0.3 is 19.6 Å². The average molecular weight is 394 g/mol. The van der Waals surface area contributed by atoms with Gasteiger partial charge in [-0.25, -0.2) is 0 Å². The van der Waals surface area contributed by atoms with E-state index in [4.69, 9.17) is 4.74 Å². The zero-order valence-electron chi connectivity index (χ0n) is 17.2. The van der Waals surface area contributed by atoms with Gasteiger partial charge in [0.05, 0.1) is 18.7 Å². The number of likely N-dealkylation sites (tertiary alicyclic amines) is 1. The molecule has 0 radical (unpaired) electrons. The first-order chi connectivity index (χ1) is 13.8. The fourth-order valence-electron chi connectivity index (χ4n) is 3.42. The summed E-state index contributed by atoms with van der Waals surface area (Å²) in [5, 5.41) is 11.0. The molecule has 1 N–H and O–H groups in total. The van der Waals surface area contributed by atoms with E-state index in [0.717, 1.165) is 11.1 Å². The predicted molar refractivity (Wildman–Crippen MR) is 112 cm³/mol. The van der Waals surface area contributed by atoms with Crippen molar-refractivity contribution in [1.29, 1.82) is 0 Å². The maximum absolute atomic E-state index is 12.9. The van der Waals surface area contributed by atoms with Crippen molar-refractivity contribution in [2.45, 2.75) is 13.0 Å². The molecule has 2 aromatic rings. The second kappa shape index (κ2) is 8.49. The molecular weight excluding hydrogens is 368 g/mol. The molecule has 29 heavy (non-hydrogen) atoms. The molecule has 1 heterocycles. The number of rotatable bonds is 6. The highest BCUT2D eigenvalue weighted by Gasteiger charge is 2.45. The Labute approximate surface area is 171 Å². The molecule has 1 fully saturated rings. The fraction of sp³-hybridized carbons (Fsp3) is 0.304. The Hall–Kier alpha value is -3.12. The Morgan fingerprint density at radius 2 is 1.69 bits per heavy atom. The summed E-state index contributed by atoms with van der Waals surface area (Å²) in [5.74, 6) is -0.790. The molecule has 0 bridgehead atoms. The van der Waals surface area contributed by atoms with Gasteiger partial charge in [0.15, 0.2) is 0 Å². The predicted octanol–water partition coefficient (Wildman–Crippen LogP) is 2.99. The molecule has 0 aliphatic carbocycles. The normalized spacial score (nSPS) is 18.5. The Balaban J connectivity index is 2.11. The third kappa shape index (κ3) is 4.17. The second-order valence-electron chi connectivity index (χ2n) is 7.43. The number of aliphatic hydroxyl groups is 1. The van der Waals surface area contributed by atoms with Crippen LogP contribution in [0.15, 0.2) is 54.1 Å². The monoisotopic (exact) mass is 394 g/mol. The van der Waals surface area contributed by atoms with Crippen molar-refractivity contribution in [2.24, 2.45) is 0 Å². The maximum atomic E-state index is 12.9. The summed E-state index contributed by atoms with van der Waals surface area (Å²) < 4.78 is 5.15. The summed E-state index contributed by atoms with van der Waals surface area (Å²) >= 11 is 0. The van der Waals surface area contributed by atoms with Crippen LogP contribution in [0.5, 0.6) is 5.75 Å². The van der Waals surface area contributed by atoms with Gasteiger partial charge in [0, 0.05) is 18.7 Å². The number of aryl methyl sites for hydroxylation is 1. The Morgan fingerprint density at radius 3 is 2.24 bits per heavy atom. The lowest BCUT2D eigenvalue weighted by molar-refractivity contribution is -0.140. The van der Waals surface area contributed by atoms with E-state index in [-0.39, 0.29) is 11.3 Å². The lowest BCUT2D eigenvalue weighted by atomic mass is 9.94. The van der Waals surface area contributed by atoms with E-state index in [9.17, 15) is 14.7 Å². The van der Waals surface area contributed by atoms with Gasteiger partial charge in [0.2, 0.25) is 0 Å². The van der Waals surface area contributed by atoms with Crippen molar-refractivity contribution >= 4 is 17.4 Å². The number of hydrogen-bond acceptors (Lipinski definition) is 5. The van der Waals surface area contributed by atoms with Crippen LogP contribution in [0.4, 0.5) is 0 Å². The molecule has 2 aromatic carbocycles. The summed E-state index contributed by atoms with van der Waals surface area (Å²) in [7, 11) is 5.38. The van der Waals surface area contributed by atoms with Gasteiger partial charge in [-0.05, 0) is 50.8 Å². The summed E-state index contributed by atoms with van der Waals surface area (Å²) in [6.45, 7) is 2.97. The second-order valence-corrected chi connectivity index (χ2v) is 7.43.